The molecule has 2 aromatic carbocycles. The topological polar surface area (TPSA) is 17.1 Å². The van der Waals surface area contributed by atoms with Gasteiger partial charge in [-0.25, -0.2) is 0 Å². The third-order valence-corrected chi connectivity index (χ3v) is 2.66. The molecular weight excluding hydrogens is 220 g/mol. The van der Waals surface area contributed by atoms with E-state index in [1.54, 1.807) is 12.2 Å². The van der Waals surface area contributed by atoms with Crippen LogP contribution in [-0.2, 0) is 0 Å². The van der Waals surface area contributed by atoms with Gasteiger partial charge in [0, 0.05) is 5.56 Å². The maximum atomic E-state index is 11.9. The molecule has 0 fully saturated rings. The molecule has 0 radical (unpaired) electrons. The highest BCUT2D eigenvalue weighted by atomic mass is 16.1. The van der Waals surface area contributed by atoms with Crippen molar-refractivity contribution in [3.63, 3.8) is 0 Å². The van der Waals surface area contributed by atoms with E-state index in [1.165, 1.54) is 0 Å². The van der Waals surface area contributed by atoms with E-state index in [0.29, 0.717) is 5.56 Å². The second kappa shape index (κ2) is 5.78. The Balaban J connectivity index is 2.12. The fraction of sp³-hybridized carbons (Fsp3) is 0. The molecule has 0 unspecified atom stereocenters. The Morgan fingerprint density at radius 1 is 0.889 bits per heavy atom. The first-order chi connectivity index (χ1) is 8.79. The van der Waals surface area contributed by atoms with Crippen LogP contribution in [0, 0.1) is 0 Å². The molecule has 0 saturated heterocycles. The van der Waals surface area contributed by atoms with Gasteiger partial charge in [-0.2, -0.15) is 0 Å². The van der Waals surface area contributed by atoms with Crippen LogP contribution in [0.5, 0.6) is 0 Å². The first-order valence-electron chi connectivity index (χ1n) is 5.79. The Bertz CT molecular complexity index is 562. The number of hydrogen-bond donors (Lipinski definition) is 0. The summed E-state index contributed by atoms with van der Waals surface area (Å²) in [4.78, 5) is 11.9. The SMILES string of the molecule is C=Cc1ccc(C(=O)C=Cc2ccccc2)cc1. The standard InChI is InChI=1S/C17H14O/c1-2-14-8-11-16(12-9-14)17(18)13-10-15-6-4-3-5-7-15/h2-13H,1H2. The highest BCUT2D eigenvalue weighted by Gasteiger charge is 2.00. The summed E-state index contributed by atoms with van der Waals surface area (Å²) in [5.41, 5.74) is 2.72. The van der Waals surface area contributed by atoms with Gasteiger partial charge in [0.15, 0.2) is 5.78 Å². The highest BCUT2D eigenvalue weighted by Crippen LogP contribution is 2.08. The summed E-state index contributed by atoms with van der Waals surface area (Å²) in [6.45, 7) is 3.68. The molecule has 0 spiro atoms. The van der Waals surface area contributed by atoms with Gasteiger partial charge in [0.25, 0.3) is 0 Å². The van der Waals surface area contributed by atoms with Crippen molar-refractivity contribution in [2.24, 2.45) is 0 Å². The van der Waals surface area contributed by atoms with Crippen molar-refractivity contribution >= 4 is 17.9 Å². The smallest absolute Gasteiger partial charge is 0.185 e. The second-order valence-corrected chi connectivity index (χ2v) is 3.93. The predicted molar refractivity (Wildman–Crippen MR) is 76.3 cm³/mol. The van der Waals surface area contributed by atoms with Crippen molar-refractivity contribution in [2.75, 3.05) is 0 Å². The molecule has 2 aromatic rings. The normalized spacial score (nSPS) is 10.4. The number of rotatable bonds is 4. The maximum absolute atomic E-state index is 11.9. The number of hydrogen-bond acceptors (Lipinski definition) is 1. The Labute approximate surface area is 107 Å². The van der Waals surface area contributed by atoms with Crippen molar-refractivity contribution in [1.82, 2.24) is 0 Å². The van der Waals surface area contributed by atoms with Crippen molar-refractivity contribution in [3.05, 3.63) is 83.9 Å². The largest absolute Gasteiger partial charge is 0.289 e. The zero-order valence-electron chi connectivity index (χ0n) is 10.0. The van der Waals surface area contributed by atoms with Crippen LogP contribution < -0.4 is 0 Å². The van der Waals surface area contributed by atoms with E-state index < -0.39 is 0 Å². The Hall–Kier alpha value is -2.41. The number of ketones is 1. The highest BCUT2D eigenvalue weighted by molar-refractivity contribution is 6.06. The third-order valence-electron chi connectivity index (χ3n) is 2.66. The summed E-state index contributed by atoms with van der Waals surface area (Å²) in [7, 11) is 0. The molecular formula is C17H14O. The van der Waals surface area contributed by atoms with E-state index in [4.69, 9.17) is 0 Å². The van der Waals surface area contributed by atoms with Gasteiger partial charge in [-0.3, -0.25) is 4.79 Å². The van der Waals surface area contributed by atoms with Crippen LogP contribution in [0.2, 0.25) is 0 Å². The summed E-state index contributed by atoms with van der Waals surface area (Å²) < 4.78 is 0. The zero-order valence-corrected chi connectivity index (χ0v) is 10.0. The minimum Gasteiger partial charge on any atom is -0.289 e. The molecule has 0 aliphatic heterocycles. The average Bonchev–Trinajstić information content (AvgIpc) is 2.46. The molecule has 0 bridgehead atoms. The first kappa shape index (κ1) is 12.1. The van der Waals surface area contributed by atoms with Crippen LogP contribution in [0.4, 0.5) is 0 Å². The monoisotopic (exact) mass is 234 g/mol. The number of benzene rings is 2. The summed E-state index contributed by atoms with van der Waals surface area (Å²) >= 11 is 0. The van der Waals surface area contributed by atoms with Crippen LogP contribution >= 0.6 is 0 Å². The van der Waals surface area contributed by atoms with Crippen molar-refractivity contribution < 1.29 is 4.79 Å². The van der Waals surface area contributed by atoms with E-state index in [0.717, 1.165) is 11.1 Å². The van der Waals surface area contributed by atoms with E-state index in [2.05, 4.69) is 6.58 Å². The van der Waals surface area contributed by atoms with Gasteiger partial charge in [-0.1, -0.05) is 73.3 Å². The molecule has 0 amide bonds. The van der Waals surface area contributed by atoms with Gasteiger partial charge in [0.2, 0.25) is 0 Å². The van der Waals surface area contributed by atoms with Crippen molar-refractivity contribution in [3.8, 4) is 0 Å². The molecule has 18 heavy (non-hydrogen) atoms. The van der Waals surface area contributed by atoms with Crippen LogP contribution in [0.3, 0.4) is 0 Å². The van der Waals surface area contributed by atoms with Gasteiger partial charge >= 0.3 is 0 Å². The lowest BCUT2D eigenvalue weighted by atomic mass is 10.1. The molecule has 0 aromatic heterocycles. The quantitative estimate of drug-likeness (QED) is 0.571. The third kappa shape index (κ3) is 3.05. The summed E-state index contributed by atoms with van der Waals surface area (Å²) in [6, 6.07) is 17.2. The molecule has 0 N–H and O–H groups in total. The van der Waals surface area contributed by atoms with Crippen molar-refractivity contribution in [1.29, 1.82) is 0 Å². The predicted octanol–water partition coefficient (Wildman–Crippen LogP) is 4.23. The number of carbonyl (C=O) groups is 1. The lowest BCUT2D eigenvalue weighted by Crippen LogP contribution is -1.93. The van der Waals surface area contributed by atoms with Gasteiger partial charge in [0.1, 0.15) is 0 Å². The van der Waals surface area contributed by atoms with E-state index in [-0.39, 0.29) is 5.78 Å². The molecule has 0 heterocycles. The Kier molecular flexibility index (Phi) is 3.87. The molecule has 2 rings (SSSR count). The van der Waals surface area contributed by atoms with Crippen LogP contribution in [0.25, 0.3) is 12.2 Å². The molecule has 0 aliphatic carbocycles. The molecule has 88 valence electrons. The van der Waals surface area contributed by atoms with Crippen molar-refractivity contribution in [2.45, 2.75) is 0 Å². The van der Waals surface area contributed by atoms with E-state index in [1.807, 2.05) is 60.7 Å². The molecule has 0 saturated carbocycles. The Morgan fingerprint density at radius 3 is 2.17 bits per heavy atom. The van der Waals surface area contributed by atoms with Gasteiger partial charge in [-0.05, 0) is 17.2 Å². The Morgan fingerprint density at radius 2 is 1.56 bits per heavy atom. The van der Waals surface area contributed by atoms with E-state index >= 15 is 0 Å². The number of allylic oxidation sites excluding steroid dienone is 1. The summed E-state index contributed by atoms with van der Waals surface area (Å²) in [6.07, 6.45) is 5.18. The van der Waals surface area contributed by atoms with Crippen LogP contribution in [0.1, 0.15) is 21.5 Å². The lowest BCUT2D eigenvalue weighted by molar-refractivity contribution is 0.104. The van der Waals surface area contributed by atoms with E-state index in [9.17, 15) is 4.79 Å². The molecule has 0 atom stereocenters. The number of carbonyl (C=O) groups excluding carboxylic acids is 1. The minimum absolute atomic E-state index is 0.00876. The lowest BCUT2D eigenvalue weighted by Gasteiger charge is -1.97. The fourth-order valence-corrected chi connectivity index (χ4v) is 1.62. The maximum Gasteiger partial charge on any atom is 0.185 e. The average molecular weight is 234 g/mol. The summed E-state index contributed by atoms with van der Waals surface area (Å²) in [5, 5.41) is 0. The first-order valence-corrected chi connectivity index (χ1v) is 5.79. The van der Waals surface area contributed by atoms with Gasteiger partial charge in [0.05, 0.1) is 0 Å². The molecule has 1 heteroatoms. The van der Waals surface area contributed by atoms with Gasteiger partial charge < -0.3 is 0 Å². The van der Waals surface area contributed by atoms with Gasteiger partial charge in [-0.15, -0.1) is 0 Å². The summed E-state index contributed by atoms with van der Waals surface area (Å²) in [5.74, 6) is 0.00876. The minimum atomic E-state index is 0.00876. The molecule has 0 aliphatic rings. The van der Waals surface area contributed by atoms with Crippen LogP contribution in [-0.4, -0.2) is 5.78 Å². The van der Waals surface area contributed by atoms with Crippen LogP contribution in [0.15, 0.2) is 67.3 Å². The second-order valence-electron chi connectivity index (χ2n) is 3.93. The zero-order chi connectivity index (χ0) is 12.8. The fourth-order valence-electron chi connectivity index (χ4n) is 1.62. The molecule has 1 nitrogen and oxygen atoms in total.